The van der Waals surface area contributed by atoms with Gasteiger partial charge in [-0.2, -0.15) is 0 Å². The molecule has 6 heteroatoms. The summed E-state index contributed by atoms with van der Waals surface area (Å²) in [6, 6.07) is 0.0479. The molecule has 0 aromatic carbocycles. The molecule has 0 aliphatic carbocycles. The average Bonchev–Trinajstić information content (AvgIpc) is 3.04. The summed E-state index contributed by atoms with van der Waals surface area (Å²) >= 11 is 1.48. The van der Waals surface area contributed by atoms with Crippen LogP contribution in [-0.4, -0.2) is 47.3 Å². The van der Waals surface area contributed by atoms with Crippen LogP contribution in [0.5, 0.6) is 0 Å². The van der Waals surface area contributed by atoms with E-state index in [1.807, 2.05) is 12.3 Å². The van der Waals surface area contributed by atoms with Crippen molar-refractivity contribution in [1.29, 1.82) is 0 Å². The van der Waals surface area contributed by atoms with Crippen LogP contribution < -0.4 is 5.56 Å². The van der Waals surface area contributed by atoms with Crippen LogP contribution in [0, 0.1) is 6.92 Å². The predicted octanol–water partition coefficient (Wildman–Crippen LogP) is 1.66. The van der Waals surface area contributed by atoms with Crippen LogP contribution in [0.2, 0.25) is 0 Å². The van der Waals surface area contributed by atoms with Gasteiger partial charge in [-0.15, -0.1) is 11.3 Å². The molecule has 2 aromatic heterocycles. The van der Waals surface area contributed by atoms with Crippen molar-refractivity contribution in [1.82, 2.24) is 14.5 Å². The normalized spacial score (nSPS) is 23.8. The lowest BCUT2D eigenvalue weighted by molar-refractivity contribution is 0.0808. The van der Waals surface area contributed by atoms with E-state index in [0.29, 0.717) is 0 Å². The highest BCUT2D eigenvalue weighted by Crippen LogP contribution is 2.25. The molecule has 0 N–H and O–H groups in total. The molecule has 1 fully saturated rings. The fraction of sp³-hybridized carbons (Fsp3) is 0.571. The van der Waals surface area contributed by atoms with Crippen molar-refractivity contribution in [3.8, 4) is 0 Å². The molecule has 20 heavy (non-hydrogen) atoms. The van der Waals surface area contributed by atoms with E-state index in [-0.39, 0.29) is 17.7 Å². The Hall–Kier alpha value is -1.24. The summed E-state index contributed by atoms with van der Waals surface area (Å²) in [7, 11) is 1.71. The largest absolute Gasteiger partial charge is 0.378 e. The summed E-state index contributed by atoms with van der Waals surface area (Å²) in [5.74, 6) is 0. The Labute approximate surface area is 121 Å². The summed E-state index contributed by atoms with van der Waals surface area (Å²) in [5, 5.41) is 1.99. The lowest BCUT2D eigenvalue weighted by Crippen LogP contribution is -2.32. The standard InChI is InChI=1S/C14H19N3O2S/c1-4-16-5-10(11(6-16)19-3)17-8-15-12-9(2)7-20-13(12)14(17)18/h7-8,10-11H,4-6H2,1-3H3/t10-,11-/m0/s1. The number of hydrogen-bond acceptors (Lipinski definition) is 5. The highest BCUT2D eigenvalue weighted by atomic mass is 32.1. The minimum Gasteiger partial charge on any atom is -0.378 e. The summed E-state index contributed by atoms with van der Waals surface area (Å²) in [6.45, 7) is 6.79. The van der Waals surface area contributed by atoms with Crippen LogP contribution in [-0.2, 0) is 4.74 Å². The first-order valence-corrected chi connectivity index (χ1v) is 7.73. The third-order valence-corrected chi connectivity index (χ3v) is 5.18. The van der Waals surface area contributed by atoms with Crippen LogP contribution >= 0.6 is 11.3 Å². The zero-order valence-electron chi connectivity index (χ0n) is 12.0. The Bertz CT molecular complexity index is 679. The quantitative estimate of drug-likeness (QED) is 0.863. The van der Waals surface area contributed by atoms with E-state index < -0.39 is 0 Å². The van der Waals surface area contributed by atoms with Gasteiger partial charge in [0, 0.05) is 20.2 Å². The number of likely N-dealkylation sites (N-methyl/N-ethyl adjacent to an activating group) is 1. The van der Waals surface area contributed by atoms with E-state index in [1.165, 1.54) is 11.3 Å². The van der Waals surface area contributed by atoms with Gasteiger partial charge < -0.3 is 4.74 Å². The van der Waals surface area contributed by atoms with Crippen molar-refractivity contribution in [2.24, 2.45) is 0 Å². The van der Waals surface area contributed by atoms with Crippen molar-refractivity contribution >= 4 is 21.6 Å². The Morgan fingerprint density at radius 2 is 2.30 bits per heavy atom. The maximum atomic E-state index is 12.6. The van der Waals surface area contributed by atoms with E-state index >= 15 is 0 Å². The number of fused-ring (bicyclic) bond motifs is 1. The molecule has 0 amide bonds. The van der Waals surface area contributed by atoms with Gasteiger partial charge in [0.05, 0.1) is 24.0 Å². The number of rotatable bonds is 3. The first-order chi connectivity index (χ1) is 9.65. The minimum absolute atomic E-state index is 0.0479. The smallest absolute Gasteiger partial charge is 0.271 e. The molecule has 2 atom stereocenters. The molecule has 0 bridgehead atoms. The lowest BCUT2D eigenvalue weighted by Gasteiger charge is -2.19. The summed E-state index contributed by atoms with van der Waals surface area (Å²) in [6.07, 6.45) is 1.73. The third-order valence-electron chi connectivity index (χ3n) is 4.10. The van der Waals surface area contributed by atoms with E-state index in [2.05, 4.69) is 16.8 Å². The Morgan fingerprint density at radius 3 is 3.00 bits per heavy atom. The fourth-order valence-corrected chi connectivity index (χ4v) is 3.80. The van der Waals surface area contributed by atoms with E-state index in [4.69, 9.17) is 4.74 Å². The predicted molar refractivity (Wildman–Crippen MR) is 80.6 cm³/mol. The van der Waals surface area contributed by atoms with Crippen molar-refractivity contribution in [2.75, 3.05) is 26.7 Å². The average molecular weight is 293 g/mol. The van der Waals surface area contributed by atoms with E-state index in [1.54, 1.807) is 18.0 Å². The molecule has 0 saturated carbocycles. The number of likely N-dealkylation sites (tertiary alicyclic amines) is 1. The van der Waals surface area contributed by atoms with Gasteiger partial charge >= 0.3 is 0 Å². The molecule has 2 aromatic rings. The maximum absolute atomic E-state index is 12.6. The summed E-state index contributed by atoms with van der Waals surface area (Å²) in [5.41, 5.74) is 1.95. The topological polar surface area (TPSA) is 47.4 Å². The zero-order valence-corrected chi connectivity index (χ0v) is 12.8. The molecule has 0 radical (unpaired) electrons. The Kier molecular flexibility index (Phi) is 3.62. The molecule has 0 spiro atoms. The van der Waals surface area contributed by atoms with Gasteiger partial charge in [-0.1, -0.05) is 6.92 Å². The molecule has 3 rings (SSSR count). The molecule has 1 saturated heterocycles. The molecule has 5 nitrogen and oxygen atoms in total. The SMILES string of the molecule is CCN1C[C@H](OC)[C@@H](n2cnc3c(C)csc3c2=O)C1. The van der Waals surface area contributed by atoms with Crippen LogP contribution in [0.4, 0.5) is 0 Å². The first kappa shape index (κ1) is 13.7. The highest BCUT2D eigenvalue weighted by Gasteiger charge is 2.34. The molecule has 0 unspecified atom stereocenters. The number of nitrogens with zero attached hydrogens (tertiary/aromatic N) is 3. The fourth-order valence-electron chi connectivity index (χ4n) is 2.87. The lowest BCUT2D eigenvalue weighted by atomic mass is 10.2. The molecular formula is C14H19N3O2S. The van der Waals surface area contributed by atoms with Crippen LogP contribution in [0.25, 0.3) is 10.2 Å². The number of aryl methyl sites for hydroxylation is 1. The van der Waals surface area contributed by atoms with Crippen molar-refractivity contribution in [3.63, 3.8) is 0 Å². The van der Waals surface area contributed by atoms with Crippen LogP contribution in [0.3, 0.4) is 0 Å². The second-order valence-electron chi connectivity index (χ2n) is 5.25. The number of aromatic nitrogens is 2. The maximum Gasteiger partial charge on any atom is 0.271 e. The molecule has 108 valence electrons. The zero-order chi connectivity index (χ0) is 14.3. The van der Waals surface area contributed by atoms with E-state index in [0.717, 1.165) is 35.4 Å². The first-order valence-electron chi connectivity index (χ1n) is 6.85. The number of ether oxygens (including phenoxy) is 1. The number of thiophene rings is 1. The van der Waals surface area contributed by atoms with Crippen molar-refractivity contribution in [3.05, 3.63) is 27.6 Å². The van der Waals surface area contributed by atoms with Crippen LogP contribution in [0.15, 0.2) is 16.5 Å². The van der Waals surface area contributed by atoms with Gasteiger partial charge in [-0.25, -0.2) is 4.98 Å². The second kappa shape index (κ2) is 5.27. The molecule has 1 aliphatic heterocycles. The Balaban J connectivity index is 2.05. The second-order valence-corrected chi connectivity index (χ2v) is 6.13. The van der Waals surface area contributed by atoms with Gasteiger partial charge in [0.25, 0.3) is 5.56 Å². The number of methoxy groups -OCH3 is 1. The van der Waals surface area contributed by atoms with Gasteiger partial charge in [-0.05, 0) is 24.4 Å². The van der Waals surface area contributed by atoms with Crippen LogP contribution in [0.1, 0.15) is 18.5 Å². The third kappa shape index (κ3) is 2.08. The molecule has 3 heterocycles. The highest BCUT2D eigenvalue weighted by molar-refractivity contribution is 7.17. The van der Waals surface area contributed by atoms with Gasteiger partial charge in [0.2, 0.25) is 0 Å². The summed E-state index contributed by atoms with van der Waals surface area (Å²) in [4.78, 5) is 19.4. The van der Waals surface area contributed by atoms with Crippen molar-refractivity contribution < 1.29 is 4.74 Å². The van der Waals surface area contributed by atoms with Gasteiger partial charge in [0.1, 0.15) is 4.70 Å². The van der Waals surface area contributed by atoms with E-state index in [9.17, 15) is 4.79 Å². The van der Waals surface area contributed by atoms with Gasteiger partial charge in [0.15, 0.2) is 0 Å². The minimum atomic E-state index is 0.0479. The van der Waals surface area contributed by atoms with Crippen molar-refractivity contribution in [2.45, 2.75) is 26.0 Å². The Morgan fingerprint density at radius 1 is 1.50 bits per heavy atom. The molecular weight excluding hydrogens is 274 g/mol. The molecule has 1 aliphatic rings. The summed E-state index contributed by atoms with van der Waals surface area (Å²) < 4.78 is 8.05. The van der Waals surface area contributed by atoms with Gasteiger partial charge in [-0.3, -0.25) is 14.3 Å². The monoisotopic (exact) mass is 293 g/mol. The number of hydrogen-bond donors (Lipinski definition) is 0.